The van der Waals surface area contributed by atoms with Gasteiger partial charge >= 0.3 is 6.18 Å². The van der Waals surface area contributed by atoms with Crippen LogP contribution in [0.5, 0.6) is 11.6 Å². The number of nitrogens with zero attached hydrogens (tertiary/aromatic N) is 5. The van der Waals surface area contributed by atoms with Crippen molar-refractivity contribution in [2.24, 2.45) is 0 Å². The fourth-order valence-corrected chi connectivity index (χ4v) is 2.82. The van der Waals surface area contributed by atoms with Crippen LogP contribution in [0.15, 0.2) is 61.6 Å². The van der Waals surface area contributed by atoms with Crippen molar-refractivity contribution < 1.29 is 27.1 Å². The van der Waals surface area contributed by atoms with Gasteiger partial charge in [-0.25, -0.2) is 8.91 Å². The summed E-state index contributed by atoms with van der Waals surface area (Å²) in [5.74, 6) is -1.48. The Morgan fingerprint density at radius 3 is 2.82 bits per heavy atom. The van der Waals surface area contributed by atoms with Gasteiger partial charge in [-0.2, -0.15) is 23.3 Å². The van der Waals surface area contributed by atoms with Crippen LogP contribution in [0.25, 0.3) is 5.52 Å². The van der Waals surface area contributed by atoms with Gasteiger partial charge in [0.15, 0.2) is 11.6 Å². The summed E-state index contributed by atoms with van der Waals surface area (Å²) >= 11 is 0. The third-order valence-corrected chi connectivity index (χ3v) is 4.18. The summed E-state index contributed by atoms with van der Waals surface area (Å²) in [4.78, 5) is 15.7. The molecule has 1 amide bonds. The molecule has 0 aliphatic carbocycles. The van der Waals surface area contributed by atoms with E-state index < -0.39 is 24.4 Å². The molecule has 0 radical (unpaired) electrons. The lowest BCUT2D eigenvalue weighted by Crippen LogP contribution is -2.17. The zero-order chi connectivity index (χ0) is 23.6. The average molecular weight is 461 g/mol. The molecule has 0 unspecified atom stereocenters. The summed E-state index contributed by atoms with van der Waals surface area (Å²) in [6.07, 6.45) is 0.546. The Hall–Kier alpha value is -4.42. The van der Waals surface area contributed by atoms with Crippen LogP contribution in [0.3, 0.4) is 0 Å². The minimum Gasteiger partial charge on any atom is -0.434 e. The second-order valence-electron chi connectivity index (χ2n) is 6.69. The highest BCUT2D eigenvalue weighted by atomic mass is 19.4. The van der Waals surface area contributed by atoms with Crippen LogP contribution in [-0.2, 0) is 11.3 Å². The van der Waals surface area contributed by atoms with E-state index in [4.69, 9.17) is 4.74 Å². The number of anilines is 3. The first-order chi connectivity index (χ1) is 15.7. The second kappa shape index (κ2) is 8.61. The highest BCUT2D eigenvalue weighted by molar-refractivity contribution is 5.98. The van der Waals surface area contributed by atoms with Gasteiger partial charge in [-0.3, -0.25) is 9.48 Å². The quantitative estimate of drug-likeness (QED) is 0.315. The SMILES string of the molecule is C=CC(=O)Nc1ccc(F)c(Oc2nc(Nc3cnn(CC(F)(F)F)c3)nn3cccc23)c1. The van der Waals surface area contributed by atoms with Gasteiger partial charge < -0.3 is 15.4 Å². The van der Waals surface area contributed by atoms with Gasteiger partial charge in [-0.1, -0.05) is 6.58 Å². The Bertz CT molecular complexity index is 1330. The monoisotopic (exact) mass is 461 g/mol. The summed E-state index contributed by atoms with van der Waals surface area (Å²) in [5.41, 5.74) is 0.873. The van der Waals surface area contributed by atoms with Crippen molar-refractivity contribution in [2.75, 3.05) is 10.6 Å². The predicted octanol–water partition coefficient (Wildman–Crippen LogP) is 4.29. The highest BCUT2D eigenvalue weighted by Crippen LogP contribution is 2.30. The molecule has 3 heterocycles. The molecule has 0 aliphatic rings. The van der Waals surface area contributed by atoms with E-state index >= 15 is 0 Å². The first-order valence-corrected chi connectivity index (χ1v) is 9.32. The summed E-state index contributed by atoms with van der Waals surface area (Å²) < 4.78 is 59.8. The lowest BCUT2D eigenvalue weighted by atomic mass is 10.3. The number of ether oxygens (including phenoxy) is 1. The smallest absolute Gasteiger partial charge is 0.408 e. The maximum atomic E-state index is 14.4. The number of fused-ring (bicyclic) bond motifs is 1. The molecule has 0 aliphatic heterocycles. The lowest BCUT2D eigenvalue weighted by molar-refractivity contribution is -0.142. The highest BCUT2D eigenvalue weighted by Gasteiger charge is 2.28. The number of hydrogen-bond donors (Lipinski definition) is 2. The fourth-order valence-electron chi connectivity index (χ4n) is 2.82. The number of carbonyl (C=O) groups excluding carboxylic acids is 1. The number of alkyl halides is 3. The molecule has 33 heavy (non-hydrogen) atoms. The van der Waals surface area contributed by atoms with Crippen molar-refractivity contribution in [1.82, 2.24) is 24.4 Å². The third kappa shape index (κ3) is 5.26. The van der Waals surface area contributed by atoms with Crippen molar-refractivity contribution in [2.45, 2.75) is 12.7 Å². The molecular formula is C20H15F4N7O2. The van der Waals surface area contributed by atoms with Gasteiger partial charge in [0.1, 0.15) is 12.1 Å². The molecule has 0 bridgehead atoms. The van der Waals surface area contributed by atoms with Crippen LogP contribution in [0, 0.1) is 5.82 Å². The number of benzene rings is 1. The van der Waals surface area contributed by atoms with E-state index in [0.717, 1.165) is 18.3 Å². The van der Waals surface area contributed by atoms with E-state index in [-0.39, 0.29) is 29.0 Å². The molecule has 2 N–H and O–H groups in total. The molecule has 4 aromatic rings. The Balaban J connectivity index is 1.62. The van der Waals surface area contributed by atoms with Gasteiger partial charge in [0.05, 0.1) is 11.9 Å². The van der Waals surface area contributed by atoms with Crippen LogP contribution >= 0.6 is 0 Å². The molecule has 0 saturated carbocycles. The number of halogens is 4. The third-order valence-electron chi connectivity index (χ3n) is 4.18. The predicted molar refractivity (Wildman–Crippen MR) is 110 cm³/mol. The molecule has 0 atom stereocenters. The largest absolute Gasteiger partial charge is 0.434 e. The number of aromatic nitrogens is 5. The molecule has 4 rings (SSSR count). The summed E-state index contributed by atoms with van der Waals surface area (Å²) in [6.45, 7) is 2.10. The van der Waals surface area contributed by atoms with Crippen molar-refractivity contribution in [3.8, 4) is 11.6 Å². The molecule has 0 spiro atoms. The van der Waals surface area contributed by atoms with E-state index in [1.807, 2.05) is 0 Å². The van der Waals surface area contributed by atoms with Crippen molar-refractivity contribution in [3.05, 3.63) is 67.4 Å². The second-order valence-corrected chi connectivity index (χ2v) is 6.69. The fraction of sp³-hybridized carbons (Fsp3) is 0.100. The number of amides is 1. The summed E-state index contributed by atoms with van der Waals surface area (Å²) in [6, 6.07) is 7.01. The molecule has 0 fully saturated rings. The maximum Gasteiger partial charge on any atom is 0.408 e. The van der Waals surface area contributed by atoms with E-state index in [1.54, 1.807) is 18.3 Å². The van der Waals surface area contributed by atoms with Crippen molar-refractivity contribution >= 4 is 28.7 Å². The van der Waals surface area contributed by atoms with Gasteiger partial charge in [0, 0.05) is 24.1 Å². The van der Waals surface area contributed by atoms with Crippen LogP contribution in [0.1, 0.15) is 0 Å². The van der Waals surface area contributed by atoms with Gasteiger partial charge in [-0.15, -0.1) is 5.10 Å². The Morgan fingerprint density at radius 1 is 1.24 bits per heavy atom. The standard InChI is InChI=1S/C20H15F4N7O2/c1-2-17(32)26-12-5-6-14(21)16(8-12)33-18-15-4-3-7-31(15)29-19(28-18)27-13-9-25-30(10-13)11-20(22,23)24/h2-10H,1,11H2,(H,26,32)(H,27,29). The van der Waals surface area contributed by atoms with E-state index in [9.17, 15) is 22.4 Å². The Kier molecular flexibility index (Phi) is 5.69. The first kappa shape index (κ1) is 21.8. The minimum absolute atomic E-state index is 0.0308. The molecular weight excluding hydrogens is 446 g/mol. The van der Waals surface area contributed by atoms with Crippen LogP contribution in [0.4, 0.5) is 34.9 Å². The molecule has 3 aromatic heterocycles. The van der Waals surface area contributed by atoms with Gasteiger partial charge in [0.25, 0.3) is 0 Å². The van der Waals surface area contributed by atoms with Gasteiger partial charge in [0.2, 0.25) is 17.7 Å². The first-order valence-electron chi connectivity index (χ1n) is 9.32. The summed E-state index contributed by atoms with van der Waals surface area (Å²) in [7, 11) is 0. The lowest BCUT2D eigenvalue weighted by Gasteiger charge is -2.11. The van der Waals surface area contributed by atoms with Crippen molar-refractivity contribution in [3.63, 3.8) is 0 Å². The van der Waals surface area contributed by atoms with E-state index in [0.29, 0.717) is 10.2 Å². The van der Waals surface area contributed by atoms with Crippen molar-refractivity contribution in [1.29, 1.82) is 0 Å². The Morgan fingerprint density at radius 2 is 2.06 bits per heavy atom. The molecule has 170 valence electrons. The van der Waals surface area contributed by atoms with Crippen LogP contribution < -0.4 is 15.4 Å². The van der Waals surface area contributed by atoms with Gasteiger partial charge in [-0.05, 0) is 30.3 Å². The zero-order valence-corrected chi connectivity index (χ0v) is 16.7. The van der Waals surface area contributed by atoms with E-state index in [1.165, 1.54) is 22.8 Å². The zero-order valence-electron chi connectivity index (χ0n) is 16.7. The number of nitrogens with one attached hydrogen (secondary N) is 2. The minimum atomic E-state index is -4.42. The number of carbonyl (C=O) groups is 1. The summed E-state index contributed by atoms with van der Waals surface area (Å²) in [5, 5.41) is 13.1. The van der Waals surface area contributed by atoms with E-state index in [2.05, 4.69) is 32.4 Å². The molecule has 0 saturated heterocycles. The van der Waals surface area contributed by atoms with Crippen LogP contribution in [-0.4, -0.2) is 36.5 Å². The Labute approximate surface area is 183 Å². The number of rotatable bonds is 7. The molecule has 1 aromatic carbocycles. The number of hydrogen-bond acceptors (Lipinski definition) is 6. The van der Waals surface area contributed by atoms with Crippen LogP contribution in [0.2, 0.25) is 0 Å². The normalized spacial score (nSPS) is 11.4. The molecule has 13 heteroatoms. The topological polar surface area (TPSA) is 98.4 Å². The maximum absolute atomic E-state index is 14.4. The molecule has 9 nitrogen and oxygen atoms in total. The average Bonchev–Trinajstić information content (AvgIpc) is 3.38.